The molecule has 1 aromatic rings. The smallest absolute Gasteiger partial charge is 0.225 e. The number of likely N-dealkylation sites (tertiary alicyclic amines) is 1. The highest BCUT2D eigenvalue weighted by Crippen LogP contribution is 2.31. The maximum atomic E-state index is 12.4. The van der Waals surface area contributed by atoms with E-state index < -0.39 is 0 Å². The predicted octanol–water partition coefficient (Wildman–Crippen LogP) is 2.07. The molecule has 152 valence electrons. The quantitative estimate of drug-likeness (QED) is 0.535. The van der Waals surface area contributed by atoms with E-state index in [-0.39, 0.29) is 17.7 Å². The fraction of sp³-hybridized carbons (Fsp3) is 0.571. The van der Waals surface area contributed by atoms with E-state index in [0.29, 0.717) is 37.9 Å². The maximum Gasteiger partial charge on any atom is 0.225 e. The first-order valence-corrected chi connectivity index (χ1v) is 10.2. The molecule has 2 amide bonds. The Kier molecular flexibility index (Phi) is 6.90. The Hall–Kier alpha value is -2.57. The molecule has 0 spiro atoms. The third kappa shape index (κ3) is 5.03. The number of amides is 2. The molecule has 2 aliphatic rings. The van der Waals surface area contributed by atoms with Crippen LogP contribution in [0.3, 0.4) is 0 Å². The first-order valence-electron chi connectivity index (χ1n) is 10.2. The molecule has 2 aliphatic heterocycles. The van der Waals surface area contributed by atoms with Crippen LogP contribution in [0.4, 0.5) is 5.69 Å². The molecule has 0 radical (unpaired) electrons. The van der Waals surface area contributed by atoms with Gasteiger partial charge >= 0.3 is 0 Å². The number of piperidine rings is 1. The normalized spacial score (nSPS) is 22.3. The number of carbonyl (C=O) groups excluding carboxylic acids is 2. The van der Waals surface area contributed by atoms with Gasteiger partial charge in [-0.05, 0) is 37.8 Å². The second-order valence-electron chi connectivity index (χ2n) is 7.60. The minimum atomic E-state index is 0.0368. The Labute approximate surface area is 167 Å². The van der Waals surface area contributed by atoms with Gasteiger partial charge in [-0.1, -0.05) is 18.2 Å². The van der Waals surface area contributed by atoms with Crippen LogP contribution in [0.1, 0.15) is 50.5 Å². The maximum absolute atomic E-state index is 12.4. The first kappa shape index (κ1) is 20.2. The predicted molar refractivity (Wildman–Crippen MR) is 111 cm³/mol. The van der Waals surface area contributed by atoms with Crippen LogP contribution in [-0.2, 0) is 9.59 Å². The monoisotopic (exact) mass is 385 g/mol. The van der Waals surface area contributed by atoms with E-state index in [0.717, 1.165) is 30.6 Å². The molecule has 0 aliphatic carbocycles. The number of rotatable bonds is 5. The molecule has 1 aromatic carbocycles. The number of guanidine groups is 1. The number of aliphatic imine (C=N–C) groups is 1. The van der Waals surface area contributed by atoms with Crippen molar-refractivity contribution in [3.63, 3.8) is 0 Å². The van der Waals surface area contributed by atoms with E-state index >= 15 is 0 Å². The molecule has 7 nitrogen and oxygen atoms in total. The Morgan fingerprint density at radius 3 is 2.89 bits per heavy atom. The van der Waals surface area contributed by atoms with Crippen LogP contribution in [0.5, 0.6) is 0 Å². The summed E-state index contributed by atoms with van der Waals surface area (Å²) in [6.07, 6.45) is 4.32. The van der Waals surface area contributed by atoms with E-state index in [9.17, 15) is 9.59 Å². The van der Waals surface area contributed by atoms with Crippen molar-refractivity contribution in [3.05, 3.63) is 29.8 Å². The lowest BCUT2D eigenvalue weighted by Gasteiger charge is -2.33. The number of hydrogen-bond acceptors (Lipinski definition) is 3. The molecule has 7 heteroatoms. The number of nitrogens with one attached hydrogen (secondary N) is 3. The summed E-state index contributed by atoms with van der Waals surface area (Å²) in [5.74, 6) is 0.991. The molecule has 0 bridgehead atoms. The van der Waals surface area contributed by atoms with Gasteiger partial charge in [0.2, 0.25) is 11.8 Å². The zero-order valence-electron chi connectivity index (χ0n) is 16.8. The molecule has 0 aromatic heterocycles. The van der Waals surface area contributed by atoms with Crippen LogP contribution in [0.15, 0.2) is 29.3 Å². The summed E-state index contributed by atoms with van der Waals surface area (Å²) in [5, 5.41) is 9.43. The van der Waals surface area contributed by atoms with Gasteiger partial charge in [0.1, 0.15) is 0 Å². The molecule has 3 rings (SSSR count). The van der Waals surface area contributed by atoms with Gasteiger partial charge in [-0.15, -0.1) is 0 Å². The molecule has 2 atom stereocenters. The van der Waals surface area contributed by atoms with E-state index in [1.807, 2.05) is 23.1 Å². The van der Waals surface area contributed by atoms with Gasteiger partial charge in [-0.2, -0.15) is 0 Å². The van der Waals surface area contributed by atoms with Gasteiger partial charge < -0.3 is 20.9 Å². The van der Waals surface area contributed by atoms with Gasteiger partial charge in [0.05, 0.1) is 0 Å². The fourth-order valence-corrected chi connectivity index (χ4v) is 4.02. The summed E-state index contributed by atoms with van der Waals surface area (Å²) < 4.78 is 0. The summed E-state index contributed by atoms with van der Waals surface area (Å²) in [4.78, 5) is 30.6. The van der Waals surface area contributed by atoms with Crippen LogP contribution in [0.2, 0.25) is 0 Å². The Bertz CT molecular complexity index is 733. The van der Waals surface area contributed by atoms with E-state index in [1.54, 1.807) is 7.05 Å². The van der Waals surface area contributed by atoms with Gasteiger partial charge in [-0.3, -0.25) is 14.6 Å². The van der Waals surface area contributed by atoms with Crippen LogP contribution in [0, 0.1) is 0 Å². The van der Waals surface area contributed by atoms with Crippen molar-refractivity contribution in [2.24, 2.45) is 4.99 Å². The summed E-state index contributed by atoms with van der Waals surface area (Å²) in [6, 6.07) is 8.24. The third-order valence-electron chi connectivity index (χ3n) is 5.60. The first-order chi connectivity index (χ1) is 13.6. The average Bonchev–Trinajstić information content (AvgIpc) is 2.70. The summed E-state index contributed by atoms with van der Waals surface area (Å²) in [6.45, 7) is 4.16. The Balaban J connectivity index is 1.46. The summed E-state index contributed by atoms with van der Waals surface area (Å²) in [7, 11) is 1.71. The number of hydrogen-bond donors (Lipinski definition) is 3. The Morgan fingerprint density at radius 2 is 2.11 bits per heavy atom. The topological polar surface area (TPSA) is 85.8 Å². The van der Waals surface area contributed by atoms with Crippen molar-refractivity contribution in [1.82, 2.24) is 15.5 Å². The number of para-hydroxylation sites is 1. The van der Waals surface area contributed by atoms with Crippen molar-refractivity contribution < 1.29 is 9.59 Å². The van der Waals surface area contributed by atoms with Crippen LogP contribution in [0.25, 0.3) is 0 Å². The number of benzene rings is 1. The van der Waals surface area contributed by atoms with Crippen molar-refractivity contribution in [1.29, 1.82) is 0 Å². The zero-order chi connectivity index (χ0) is 19.9. The van der Waals surface area contributed by atoms with Crippen molar-refractivity contribution in [3.8, 4) is 0 Å². The van der Waals surface area contributed by atoms with E-state index in [1.165, 1.54) is 6.42 Å². The minimum Gasteiger partial charge on any atom is -0.356 e. The van der Waals surface area contributed by atoms with Gasteiger partial charge in [-0.25, -0.2) is 0 Å². The lowest BCUT2D eigenvalue weighted by atomic mass is 9.90. The molecule has 3 N–H and O–H groups in total. The fourth-order valence-electron chi connectivity index (χ4n) is 4.02. The lowest BCUT2D eigenvalue weighted by molar-refractivity contribution is -0.134. The average molecular weight is 386 g/mol. The van der Waals surface area contributed by atoms with Crippen LogP contribution >= 0.6 is 0 Å². The highest BCUT2D eigenvalue weighted by molar-refractivity contribution is 5.94. The Morgan fingerprint density at radius 1 is 1.29 bits per heavy atom. The molecule has 28 heavy (non-hydrogen) atoms. The standard InChI is InChI=1S/C21H31N5O2/c1-15-7-5-6-12-26(15)20(28)10-11-23-21(22-2)24-14-16-13-19(27)25-18-9-4-3-8-17(16)18/h3-4,8-9,15-16H,5-7,10-14H2,1-2H3,(H,25,27)(H2,22,23,24). The molecule has 1 fully saturated rings. The molecule has 0 saturated carbocycles. The third-order valence-corrected chi connectivity index (χ3v) is 5.60. The van der Waals surface area contributed by atoms with Gasteiger partial charge in [0.25, 0.3) is 0 Å². The summed E-state index contributed by atoms with van der Waals surface area (Å²) >= 11 is 0. The SMILES string of the molecule is CN=C(NCCC(=O)N1CCCCC1C)NCC1CC(=O)Nc2ccccc21. The van der Waals surface area contributed by atoms with Crippen LogP contribution in [-0.4, -0.2) is 55.4 Å². The van der Waals surface area contributed by atoms with Crippen LogP contribution < -0.4 is 16.0 Å². The minimum absolute atomic E-state index is 0.0368. The number of carbonyl (C=O) groups is 2. The van der Waals surface area contributed by atoms with Crippen molar-refractivity contribution in [2.45, 2.75) is 51.0 Å². The molecular weight excluding hydrogens is 354 g/mol. The van der Waals surface area contributed by atoms with Gasteiger partial charge in [0, 0.05) is 57.2 Å². The molecule has 2 heterocycles. The highest BCUT2D eigenvalue weighted by Gasteiger charge is 2.25. The van der Waals surface area contributed by atoms with Crippen molar-refractivity contribution in [2.75, 3.05) is 32.0 Å². The number of fused-ring (bicyclic) bond motifs is 1. The highest BCUT2D eigenvalue weighted by atomic mass is 16.2. The molecule has 2 unspecified atom stereocenters. The lowest BCUT2D eigenvalue weighted by Crippen LogP contribution is -2.45. The number of nitrogens with zero attached hydrogens (tertiary/aromatic N) is 2. The largest absolute Gasteiger partial charge is 0.356 e. The number of anilines is 1. The van der Waals surface area contributed by atoms with Gasteiger partial charge in [0.15, 0.2) is 5.96 Å². The second kappa shape index (κ2) is 9.57. The van der Waals surface area contributed by atoms with Crippen molar-refractivity contribution >= 4 is 23.5 Å². The summed E-state index contributed by atoms with van der Waals surface area (Å²) in [5.41, 5.74) is 2.02. The van der Waals surface area contributed by atoms with E-state index in [2.05, 4.69) is 33.9 Å². The molecular formula is C21H31N5O2. The molecule has 1 saturated heterocycles. The van der Waals surface area contributed by atoms with E-state index in [4.69, 9.17) is 0 Å². The second-order valence-corrected chi connectivity index (χ2v) is 7.60. The zero-order valence-corrected chi connectivity index (χ0v) is 16.8.